The van der Waals surface area contributed by atoms with E-state index in [1.165, 1.54) is 12.8 Å². The third-order valence-corrected chi connectivity index (χ3v) is 3.79. The predicted molar refractivity (Wildman–Crippen MR) is 77.8 cm³/mol. The minimum atomic E-state index is 0.171. The third-order valence-electron chi connectivity index (χ3n) is 3.79. The lowest BCUT2D eigenvalue weighted by atomic mass is 9.80. The van der Waals surface area contributed by atoms with Crippen molar-refractivity contribution in [3.63, 3.8) is 0 Å². The smallest absolute Gasteiger partial charge is 0.220 e. The summed E-state index contributed by atoms with van der Waals surface area (Å²) >= 11 is 0. The molecular formula is C15H30N2O2. The number of carbonyl (C=O) groups is 1. The van der Waals surface area contributed by atoms with Crippen LogP contribution in [0.2, 0.25) is 0 Å². The maximum atomic E-state index is 11.8. The Morgan fingerprint density at radius 3 is 2.47 bits per heavy atom. The first-order chi connectivity index (χ1) is 9.11. The van der Waals surface area contributed by atoms with Gasteiger partial charge in [-0.05, 0) is 50.0 Å². The fourth-order valence-electron chi connectivity index (χ4n) is 2.59. The van der Waals surface area contributed by atoms with Crippen molar-refractivity contribution in [2.75, 3.05) is 26.3 Å². The van der Waals surface area contributed by atoms with Crippen LogP contribution in [-0.2, 0) is 9.53 Å². The van der Waals surface area contributed by atoms with Gasteiger partial charge in [0.25, 0.3) is 0 Å². The molecule has 0 aliphatic heterocycles. The van der Waals surface area contributed by atoms with Crippen molar-refractivity contribution in [2.24, 2.45) is 23.5 Å². The van der Waals surface area contributed by atoms with Crippen LogP contribution in [0, 0.1) is 17.8 Å². The molecule has 1 amide bonds. The molecule has 1 aliphatic rings. The van der Waals surface area contributed by atoms with Crippen molar-refractivity contribution >= 4 is 5.91 Å². The van der Waals surface area contributed by atoms with Gasteiger partial charge >= 0.3 is 0 Å². The first-order valence-electron chi connectivity index (χ1n) is 7.66. The molecule has 4 nitrogen and oxygen atoms in total. The minimum Gasteiger partial charge on any atom is -0.379 e. The van der Waals surface area contributed by atoms with Crippen LogP contribution in [0.5, 0.6) is 0 Å². The molecule has 0 radical (unpaired) electrons. The standard InChI is InChI=1S/C15H30N2O2/c1-12(2)11-19-8-7-17-15(18)9-13-3-5-14(10-16)6-4-13/h12-14H,3-11,16H2,1-2H3,(H,17,18). The summed E-state index contributed by atoms with van der Waals surface area (Å²) in [7, 11) is 0. The molecule has 1 rings (SSSR count). The maximum Gasteiger partial charge on any atom is 0.220 e. The zero-order chi connectivity index (χ0) is 14.1. The average molecular weight is 270 g/mol. The van der Waals surface area contributed by atoms with Gasteiger partial charge < -0.3 is 15.8 Å². The quantitative estimate of drug-likeness (QED) is 0.662. The average Bonchev–Trinajstić information content (AvgIpc) is 2.39. The number of hydrogen-bond donors (Lipinski definition) is 2. The Labute approximate surface area is 117 Å². The summed E-state index contributed by atoms with van der Waals surface area (Å²) in [5.41, 5.74) is 5.67. The van der Waals surface area contributed by atoms with Crippen LogP contribution < -0.4 is 11.1 Å². The van der Waals surface area contributed by atoms with Gasteiger partial charge in [-0.1, -0.05) is 13.8 Å². The summed E-state index contributed by atoms with van der Waals surface area (Å²) in [5, 5.41) is 2.94. The molecule has 0 heterocycles. The Morgan fingerprint density at radius 2 is 1.89 bits per heavy atom. The summed E-state index contributed by atoms with van der Waals surface area (Å²) < 4.78 is 5.44. The zero-order valence-electron chi connectivity index (χ0n) is 12.5. The Bertz CT molecular complexity index is 249. The molecule has 0 aromatic heterocycles. The largest absolute Gasteiger partial charge is 0.379 e. The molecular weight excluding hydrogens is 240 g/mol. The van der Waals surface area contributed by atoms with Crippen LogP contribution in [0.25, 0.3) is 0 Å². The van der Waals surface area contributed by atoms with Crippen LogP contribution in [0.3, 0.4) is 0 Å². The van der Waals surface area contributed by atoms with Crippen molar-refractivity contribution in [2.45, 2.75) is 46.0 Å². The number of nitrogens with one attached hydrogen (secondary N) is 1. The Morgan fingerprint density at radius 1 is 1.26 bits per heavy atom. The molecule has 19 heavy (non-hydrogen) atoms. The number of ether oxygens (including phenoxy) is 1. The molecule has 0 bridgehead atoms. The van der Waals surface area contributed by atoms with Crippen LogP contribution >= 0.6 is 0 Å². The topological polar surface area (TPSA) is 64.3 Å². The molecule has 3 N–H and O–H groups in total. The molecule has 0 aromatic carbocycles. The molecule has 0 spiro atoms. The Kier molecular flexibility index (Phi) is 8.07. The van der Waals surface area contributed by atoms with Gasteiger partial charge in [0.05, 0.1) is 6.61 Å². The van der Waals surface area contributed by atoms with Crippen molar-refractivity contribution in [3.8, 4) is 0 Å². The van der Waals surface area contributed by atoms with E-state index in [9.17, 15) is 4.79 Å². The summed E-state index contributed by atoms with van der Waals surface area (Å²) in [4.78, 5) is 11.8. The number of amides is 1. The van der Waals surface area contributed by atoms with E-state index in [4.69, 9.17) is 10.5 Å². The Balaban J connectivity index is 2.02. The van der Waals surface area contributed by atoms with Crippen molar-refractivity contribution in [1.29, 1.82) is 0 Å². The second-order valence-corrected chi connectivity index (χ2v) is 6.15. The monoisotopic (exact) mass is 270 g/mol. The highest BCUT2D eigenvalue weighted by atomic mass is 16.5. The van der Waals surface area contributed by atoms with E-state index in [0.29, 0.717) is 37.3 Å². The molecule has 1 aliphatic carbocycles. The summed E-state index contributed by atoms with van der Waals surface area (Å²) in [6.45, 7) is 7.05. The normalized spacial score (nSPS) is 23.6. The van der Waals surface area contributed by atoms with E-state index >= 15 is 0 Å². The van der Waals surface area contributed by atoms with E-state index < -0.39 is 0 Å². The molecule has 0 aromatic rings. The van der Waals surface area contributed by atoms with Crippen LogP contribution in [0.4, 0.5) is 0 Å². The lowest BCUT2D eigenvalue weighted by molar-refractivity contribution is -0.122. The van der Waals surface area contributed by atoms with E-state index in [1.807, 2.05) is 0 Å². The van der Waals surface area contributed by atoms with Crippen molar-refractivity contribution < 1.29 is 9.53 Å². The van der Waals surface area contributed by atoms with Gasteiger partial charge in [0.2, 0.25) is 5.91 Å². The van der Waals surface area contributed by atoms with E-state index in [-0.39, 0.29) is 5.91 Å². The molecule has 4 heteroatoms. The fourth-order valence-corrected chi connectivity index (χ4v) is 2.59. The minimum absolute atomic E-state index is 0.171. The highest BCUT2D eigenvalue weighted by Crippen LogP contribution is 2.29. The number of hydrogen-bond acceptors (Lipinski definition) is 3. The molecule has 0 unspecified atom stereocenters. The SMILES string of the molecule is CC(C)COCCNC(=O)CC1CCC(CN)CC1. The molecule has 0 atom stereocenters. The van der Waals surface area contributed by atoms with E-state index in [2.05, 4.69) is 19.2 Å². The second-order valence-electron chi connectivity index (χ2n) is 6.15. The lowest BCUT2D eigenvalue weighted by Gasteiger charge is -2.27. The van der Waals surface area contributed by atoms with E-state index in [0.717, 1.165) is 26.0 Å². The van der Waals surface area contributed by atoms with Gasteiger partial charge in [-0.3, -0.25) is 4.79 Å². The maximum absolute atomic E-state index is 11.8. The first kappa shape index (κ1) is 16.4. The number of nitrogens with two attached hydrogens (primary N) is 1. The van der Waals surface area contributed by atoms with Crippen LogP contribution in [0.1, 0.15) is 46.0 Å². The Hall–Kier alpha value is -0.610. The summed E-state index contributed by atoms with van der Waals surface area (Å²) in [6, 6.07) is 0. The second kappa shape index (κ2) is 9.32. The predicted octanol–water partition coefficient (Wildman–Crippen LogP) is 1.93. The van der Waals surface area contributed by atoms with Gasteiger partial charge in [-0.2, -0.15) is 0 Å². The summed E-state index contributed by atoms with van der Waals surface area (Å²) in [5.74, 6) is 1.96. The first-order valence-corrected chi connectivity index (χ1v) is 7.66. The molecule has 0 saturated heterocycles. The summed E-state index contributed by atoms with van der Waals surface area (Å²) in [6.07, 6.45) is 5.34. The van der Waals surface area contributed by atoms with Crippen molar-refractivity contribution in [1.82, 2.24) is 5.32 Å². The van der Waals surface area contributed by atoms with Gasteiger partial charge in [0.15, 0.2) is 0 Å². The van der Waals surface area contributed by atoms with Crippen LogP contribution in [0.15, 0.2) is 0 Å². The lowest BCUT2D eigenvalue weighted by Crippen LogP contribution is -2.30. The van der Waals surface area contributed by atoms with Crippen molar-refractivity contribution in [3.05, 3.63) is 0 Å². The highest BCUT2D eigenvalue weighted by molar-refractivity contribution is 5.76. The van der Waals surface area contributed by atoms with Crippen LogP contribution in [-0.4, -0.2) is 32.2 Å². The van der Waals surface area contributed by atoms with Gasteiger partial charge in [0.1, 0.15) is 0 Å². The molecule has 1 fully saturated rings. The zero-order valence-corrected chi connectivity index (χ0v) is 12.5. The van der Waals surface area contributed by atoms with Gasteiger partial charge in [-0.25, -0.2) is 0 Å². The van der Waals surface area contributed by atoms with Gasteiger partial charge in [-0.15, -0.1) is 0 Å². The number of carbonyl (C=O) groups excluding carboxylic acids is 1. The highest BCUT2D eigenvalue weighted by Gasteiger charge is 2.21. The molecule has 1 saturated carbocycles. The van der Waals surface area contributed by atoms with Gasteiger partial charge in [0, 0.05) is 19.6 Å². The van der Waals surface area contributed by atoms with E-state index in [1.54, 1.807) is 0 Å². The third kappa shape index (κ3) is 7.53. The number of rotatable bonds is 8. The molecule has 112 valence electrons. The fraction of sp³-hybridized carbons (Fsp3) is 0.933.